The Kier molecular flexibility index (Phi) is 6.14. The summed E-state index contributed by atoms with van der Waals surface area (Å²) in [4.78, 5) is 0. The Balaban J connectivity index is 1.65. The molecule has 0 amide bonds. The van der Waals surface area contributed by atoms with Gasteiger partial charge in [-0.15, -0.1) is 0 Å². The van der Waals surface area contributed by atoms with Gasteiger partial charge in [-0.25, -0.2) is 0 Å². The lowest BCUT2D eigenvalue weighted by molar-refractivity contribution is 0.0643. The lowest BCUT2D eigenvalue weighted by Gasteiger charge is -2.27. The topological polar surface area (TPSA) is 52.5 Å². The van der Waals surface area contributed by atoms with E-state index >= 15 is 0 Å². The van der Waals surface area contributed by atoms with Crippen molar-refractivity contribution in [1.29, 1.82) is 0 Å². The highest BCUT2D eigenvalue weighted by Gasteiger charge is 2.22. The van der Waals surface area contributed by atoms with Crippen LogP contribution in [0, 0.1) is 5.92 Å². The highest BCUT2D eigenvalue weighted by molar-refractivity contribution is 6.32. The average Bonchev–Trinajstić information content (AvgIpc) is 2.45. The number of phenols is 1. The van der Waals surface area contributed by atoms with E-state index in [1.54, 1.807) is 6.07 Å². The summed E-state index contributed by atoms with van der Waals surface area (Å²) < 4.78 is 0. The zero-order valence-corrected chi connectivity index (χ0v) is 12.6. The molecule has 1 aliphatic rings. The largest absolute Gasteiger partial charge is 0.506 e. The van der Waals surface area contributed by atoms with Gasteiger partial charge in [0.25, 0.3) is 0 Å². The van der Waals surface area contributed by atoms with Gasteiger partial charge in [-0.2, -0.15) is 0 Å². The summed E-state index contributed by atoms with van der Waals surface area (Å²) in [6.45, 7) is 1.52. The summed E-state index contributed by atoms with van der Waals surface area (Å²) in [5.74, 6) is 0.648. The van der Waals surface area contributed by atoms with Crippen molar-refractivity contribution < 1.29 is 10.2 Å². The van der Waals surface area contributed by atoms with Crippen LogP contribution in [0.4, 0.5) is 0 Å². The van der Waals surface area contributed by atoms with Gasteiger partial charge in [0.15, 0.2) is 0 Å². The van der Waals surface area contributed by atoms with Crippen molar-refractivity contribution in [2.45, 2.75) is 51.2 Å². The number of aromatic hydroxyl groups is 1. The second kappa shape index (κ2) is 7.87. The summed E-state index contributed by atoms with van der Waals surface area (Å²) in [6.07, 6.45) is 6.60. The molecular formula is C16H24ClNO2. The summed E-state index contributed by atoms with van der Waals surface area (Å²) in [7, 11) is 0. The zero-order chi connectivity index (χ0) is 14.4. The number of aliphatic hydroxyl groups is 1. The van der Waals surface area contributed by atoms with Gasteiger partial charge < -0.3 is 15.5 Å². The Labute approximate surface area is 126 Å². The van der Waals surface area contributed by atoms with Crippen molar-refractivity contribution in [2.75, 3.05) is 6.54 Å². The van der Waals surface area contributed by atoms with Gasteiger partial charge in [0.1, 0.15) is 5.75 Å². The SMILES string of the molecule is Oc1c(Cl)cccc1CNCCCC1CCCCC1O. The molecule has 1 saturated carbocycles. The number of halogens is 1. The molecule has 3 nitrogen and oxygen atoms in total. The number of para-hydroxylation sites is 1. The fraction of sp³-hybridized carbons (Fsp3) is 0.625. The normalized spacial score (nSPS) is 22.9. The van der Waals surface area contributed by atoms with Crippen LogP contribution in [-0.4, -0.2) is 22.9 Å². The molecule has 0 aromatic heterocycles. The van der Waals surface area contributed by atoms with Gasteiger partial charge in [-0.1, -0.05) is 36.6 Å². The maximum absolute atomic E-state index is 9.90. The average molecular weight is 298 g/mol. The number of rotatable bonds is 6. The lowest BCUT2D eigenvalue weighted by Crippen LogP contribution is -2.25. The van der Waals surface area contributed by atoms with E-state index in [0.717, 1.165) is 37.8 Å². The summed E-state index contributed by atoms with van der Waals surface area (Å²) in [5.41, 5.74) is 0.829. The van der Waals surface area contributed by atoms with E-state index in [9.17, 15) is 10.2 Å². The molecule has 1 fully saturated rings. The lowest BCUT2D eigenvalue weighted by atomic mass is 9.83. The molecule has 3 N–H and O–H groups in total. The van der Waals surface area contributed by atoms with Crippen molar-refractivity contribution in [3.63, 3.8) is 0 Å². The predicted molar refractivity (Wildman–Crippen MR) is 82.0 cm³/mol. The Morgan fingerprint density at radius 3 is 2.85 bits per heavy atom. The Morgan fingerprint density at radius 2 is 2.05 bits per heavy atom. The fourth-order valence-corrected chi connectivity index (χ4v) is 3.13. The predicted octanol–water partition coefficient (Wildman–Crippen LogP) is 3.47. The minimum absolute atomic E-state index is 0.0966. The van der Waals surface area contributed by atoms with Gasteiger partial charge in [0.05, 0.1) is 11.1 Å². The summed E-state index contributed by atoms with van der Waals surface area (Å²) >= 11 is 5.87. The van der Waals surface area contributed by atoms with Crippen LogP contribution in [0.2, 0.25) is 5.02 Å². The van der Waals surface area contributed by atoms with Crippen LogP contribution in [-0.2, 0) is 6.54 Å². The number of phenolic OH excluding ortho intramolecular Hbond substituents is 1. The fourth-order valence-electron chi connectivity index (χ4n) is 2.94. The molecular weight excluding hydrogens is 274 g/mol. The zero-order valence-electron chi connectivity index (χ0n) is 11.8. The first-order valence-corrected chi connectivity index (χ1v) is 7.91. The molecule has 112 valence electrons. The number of hydrogen-bond donors (Lipinski definition) is 3. The van der Waals surface area contributed by atoms with Crippen LogP contribution in [0.15, 0.2) is 18.2 Å². The van der Waals surface area contributed by atoms with Gasteiger partial charge in [0, 0.05) is 12.1 Å². The highest BCUT2D eigenvalue weighted by Crippen LogP contribution is 2.28. The van der Waals surface area contributed by atoms with Crippen LogP contribution in [0.1, 0.15) is 44.1 Å². The molecule has 0 bridgehead atoms. The highest BCUT2D eigenvalue weighted by atomic mass is 35.5. The molecule has 2 rings (SSSR count). The second-order valence-corrected chi connectivity index (χ2v) is 6.09. The second-order valence-electron chi connectivity index (χ2n) is 5.68. The van der Waals surface area contributed by atoms with Crippen LogP contribution in [0.3, 0.4) is 0 Å². The van der Waals surface area contributed by atoms with E-state index in [2.05, 4.69) is 5.32 Å². The third kappa shape index (κ3) is 4.37. The molecule has 1 aliphatic carbocycles. The van der Waals surface area contributed by atoms with E-state index in [4.69, 9.17) is 11.6 Å². The van der Waals surface area contributed by atoms with Gasteiger partial charge >= 0.3 is 0 Å². The van der Waals surface area contributed by atoms with E-state index in [0.29, 0.717) is 17.5 Å². The first-order valence-electron chi connectivity index (χ1n) is 7.53. The van der Waals surface area contributed by atoms with Gasteiger partial charge in [-0.05, 0) is 44.2 Å². The molecule has 4 heteroatoms. The molecule has 0 saturated heterocycles. The molecule has 20 heavy (non-hydrogen) atoms. The summed E-state index contributed by atoms with van der Waals surface area (Å²) in [5, 5.41) is 23.4. The first kappa shape index (κ1) is 15.6. The Hall–Kier alpha value is -0.770. The third-order valence-corrected chi connectivity index (χ3v) is 4.49. The minimum atomic E-state index is -0.0966. The van der Waals surface area contributed by atoms with Crippen molar-refractivity contribution >= 4 is 11.6 Å². The van der Waals surface area contributed by atoms with Crippen molar-refractivity contribution in [1.82, 2.24) is 5.32 Å². The Morgan fingerprint density at radius 1 is 1.25 bits per heavy atom. The quantitative estimate of drug-likeness (QED) is 0.705. The molecule has 0 aliphatic heterocycles. The number of hydrogen-bond acceptors (Lipinski definition) is 3. The van der Waals surface area contributed by atoms with Crippen LogP contribution >= 0.6 is 11.6 Å². The molecule has 2 unspecified atom stereocenters. The molecule has 0 heterocycles. The third-order valence-electron chi connectivity index (χ3n) is 4.18. The smallest absolute Gasteiger partial charge is 0.138 e. The molecule has 0 spiro atoms. The van der Waals surface area contributed by atoms with Crippen molar-refractivity contribution in [2.24, 2.45) is 5.92 Å². The maximum Gasteiger partial charge on any atom is 0.138 e. The van der Waals surface area contributed by atoms with E-state index < -0.39 is 0 Å². The van der Waals surface area contributed by atoms with E-state index in [-0.39, 0.29) is 11.9 Å². The Bertz CT molecular complexity index is 425. The molecule has 1 aromatic carbocycles. The molecule has 0 radical (unpaired) electrons. The molecule has 1 aromatic rings. The number of aliphatic hydroxyl groups excluding tert-OH is 1. The van der Waals surface area contributed by atoms with Gasteiger partial charge in [-0.3, -0.25) is 0 Å². The van der Waals surface area contributed by atoms with Crippen LogP contribution < -0.4 is 5.32 Å². The van der Waals surface area contributed by atoms with Crippen LogP contribution in [0.5, 0.6) is 5.75 Å². The van der Waals surface area contributed by atoms with Crippen molar-refractivity contribution in [3.05, 3.63) is 28.8 Å². The van der Waals surface area contributed by atoms with Gasteiger partial charge in [0.2, 0.25) is 0 Å². The maximum atomic E-state index is 9.90. The van der Waals surface area contributed by atoms with E-state index in [1.807, 2.05) is 12.1 Å². The van der Waals surface area contributed by atoms with E-state index in [1.165, 1.54) is 12.8 Å². The van der Waals surface area contributed by atoms with Crippen molar-refractivity contribution in [3.8, 4) is 5.75 Å². The monoisotopic (exact) mass is 297 g/mol. The molecule has 2 atom stereocenters. The minimum Gasteiger partial charge on any atom is -0.506 e. The number of benzene rings is 1. The number of nitrogens with one attached hydrogen (secondary N) is 1. The van der Waals surface area contributed by atoms with Crippen LogP contribution in [0.25, 0.3) is 0 Å². The standard InChI is InChI=1S/C16H24ClNO2/c17-14-8-3-6-13(16(14)20)11-18-10-4-7-12-5-1-2-9-15(12)19/h3,6,8,12,15,18-20H,1-2,4-5,7,9-11H2. The first-order chi connectivity index (χ1) is 9.68. The summed E-state index contributed by atoms with van der Waals surface area (Å²) in [6, 6.07) is 5.40.